The molecular weight excluding hydrogens is 272 g/mol. The lowest BCUT2D eigenvalue weighted by Crippen LogP contribution is -2.47. The molecule has 3 atom stereocenters. The summed E-state index contributed by atoms with van der Waals surface area (Å²) in [6.45, 7) is 3.07. The Hall–Kier alpha value is -2.11. The second-order valence-corrected chi connectivity index (χ2v) is 5.06. The van der Waals surface area contributed by atoms with Gasteiger partial charge in [-0.15, -0.1) is 0 Å². The van der Waals surface area contributed by atoms with Crippen molar-refractivity contribution in [3.8, 4) is 0 Å². The van der Waals surface area contributed by atoms with Gasteiger partial charge in [0.25, 0.3) is 0 Å². The minimum Gasteiger partial charge on any atom is -0.468 e. The van der Waals surface area contributed by atoms with Gasteiger partial charge < -0.3 is 19.4 Å². The number of hydrogen-bond donors (Lipinski definition) is 2. The van der Waals surface area contributed by atoms with Crippen LogP contribution in [0.15, 0.2) is 53.1 Å². The summed E-state index contributed by atoms with van der Waals surface area (Å²) in [5.74, 6) is -0.326. The van der Waals surface area contributed by atoms with Crippen LogP contribution in [-0.4, -0.2) is 28.6 Å². The molecule has 0 spiro atoms. The van der Waals surface area contributed by atoms with Crippen LogP contribution in [0, 0.1) is 0 Å². The molecule has 2 N–H and O–H groups in total. The van der Waals surface area contributed by atoms with Crippen LogP contribution in [-0.2, 0) is 10.2 Å². The van der Waals surface area contributed by atoms with Crippen LogP contribution in [0.2, 0.25) is 0 Å². The molecule has 0 saturated heterocycles. The van der Waals surface area contributed by atoms with Crippen molar-refractivity contribution < 1.29 is 24.2 Å². The van der Waals surface area contributed by atoms with Gasteiger partial charge >= 0.3 is 5.97 Å². The van der Waals surface area contributed by atoms with E-state index >= 15 is 0 Å². The molecule has 1 aromatic carbocycles. The molecule has 0 amide bonds. The Morgan fingerprint density at radius 3 is 2.38 bits per heavy atom. The molecule has 0 saturated carbocycles. The van der Waals surface area contributed by atoms with Gasteiger partial charge in [-0.05, 0) is 38.1 Å². The summed E-state index contributed by atoms with van der Waals surface area (Å²) < 4.78 is 10.3. The maximum atomic E-state index is 12.0. The largest absolute Gasteiger partial charge is 0.468 e. The molecule has 5 nitrogen and oxygen atoms in total. The third-order valence-electron chi connectivity index (χ3n) is 3.66. The number of ether oxygens (including phenoxy) is 1. The van der Waals surface area contributed by atoms with Crippen molar-refractivity contribution in [2.75, 3.05) is 0 Å². The van der Waals surface area contributed by atoms with E-state index in [2.05, 4.69) is 0 Å². The molecule has 112 valence electrons. The van der Waals surface area contributed by atoms with Crippen molar-refractivity contribution >= 4 is 5.97 Å². The molecule has 0 aliphatic carbocycles. The molecule has 0 aliphatic heterocycles. The van der Waals surface area contributed by atoms with Crippen LogP contribution >= 0.6 is 0 Å². The molecule has 0 radical (unpaired) electrons. The minimum absolute atomic E-state index is 0.323. The maximum absolute atomic E-state index is 12.0. The number of aliphatic hydroxyl groups excluding tert-OH is 2. The maximum Gasteiger partial charge on any atom is 0.340 e. The summed E-state index contributed by atoms with van der Waals surface area (Å²) in [7, 11) is 0. The van der Waals surface area contributed by atoms with E-state index < -0.39 is 23.8 Å². The fourth-order valence-corrected chi connectivity index (χ4v) is 1.99. The van der Waals surface area contributed by atoms with E-state index in [9.17, 15) is 15.0 Å². The van der Waals surface area contributed by atoms with E-state index in [-0.39, 0.29) is 0 Å². The van der Waals surface area contributed by atoms with E-state index in [1.165, 1.54) is 13.2 Å². The van der Waals surface area contributed by atoms with Crippen LogP contribution in [0.5, 0.6) is 0 Å². The highest BCUT2D eigenvalue weighted by atomic mass is 16.6. The van der Waals surface area contributed by atoms with E-state index in [0.717, 1.165) is 0 Å². The SMILES string of the molecule is CC(O)C(C)(c1ccco1)C(O)OC(=O)c1ccccc1. The Morgan fingerprint density at radius 2 is 1.86 bits per heavy atom. The average Bonchev–Trinajstić information content (AvgIpc) is 3.01. The number of rotatable bonds is 5. The topological polar surface area (TPSA) is 79.9 Å². The molecule has 1 aromatic heterocycles. The second-order valence-electron chi connectivity index (χ2n) is 5.06. The minimum atomic E-state index is -1.55. The second kappa shape index (κ2) is 6.11. The molecular formula is C16H18O5. The van der Waals surface area contributed by atoms with Crippen LogP contribution in [0.3, 0.4) is 0 Å². The van der Waals surface area contributed by atoms with Crippen molar-refractivity contribution in [3.63, 3.8) is 0 Å². The molecule has 0 bridgehead atoms. The third kappa shape index (κ3) is 2.99. The highest BCUT2D eigenvalue weighted by Gasteiger charge is 2.44. The van der Waals surface area contributed by atoms with E-state index in [1.807, 2.05) is 0 Å². The fourth-order valence-electron chi connectivity index (χ4n) is 1.99. The number of carbonyl (C=O) groups is 1. The highest BCUT2D eigenvalue weighted by Crippen LogP contribution is 2.33. The normalized spacial score (nSPS) is 16.8. The van der Waals surface area contributed by atoms with Gasteiger partial charge in [-0.2, -0.15) is 0 Å². The summed E-state index contributed by atoms with van der Waals surface area (Å²) in [6.07, 6.45) is -1.10. The molecule has 21 heavy (non-hydrogen) atoms. The first kappa shape index (κ1) is 15.3. The van der Waals surface area contributed by atoms with Gasteiger partial charge in [0.15, 0.2) is 0 Å². The lowest BCUT2D eigenvalue weighted by atomic mass is 9.81. The molecule has 2 rings (SSSR count). The Balaban J connectivity index is 2.21. The smallest absolute Gasteiger partial charge is 0.340 e. The highest BCUT2D eigenvalue weighted by molar-refractivity contribution is 5.89. The number of benzene rings is 1. The fraction of sp³-hybridized carbons (Fsp3) is 0.312. The van der Waals surface area contributed by atoms with Gasteiger partial charge in [-0.3, -0.25) is 0 Å². The molecule has 0 fully saturated rings. The zero-order valence-electron chi connectivity index (χ0n) is 11.9. The van der Waals surface area contributed by atoms with Gasteiger partial charge in [-0.25, -0.2) is 4.79 Å². The van der Waals surface area contributed by atoms with E-state index in [1.54, 1.807) is 49.4 Å². The molecule has 5 heteroatoms. The van der Waals surface area contributed by atoms with Crippen LogP contribution in [0.25, 0.3) is 0 Å². The van der Waals surface area contributed by atoms with Crippen molar-refractivity contribution in [1.29, 1.82) is 0 Å². The van der Waals surface area contributed by atoms with Crippen LogP contribution in [0.1, 0.15) is 30.0 Å². The summed E-state index contributed by atoms with van der Waals surface area (Å²) in [4.78, 5) is 12.0. The lowest BCUT2D eigenvalue weighted by Gasteiger charge is -2.34. The number of carbonyl (C=O) groups excluding carboxylic acids is 1. The Labute approximate surface area is 122 Å². The summed E-state index contributed by atoms with van der Waals surface area (Å²) in [5, 5.41) is 20.3. The first-order valence-corrected chi connectivity index (χ1v) is 6.62. The van der Waals surface area contributed by atoms with Crippen molar-refractivity contribution in [2.45, 2.75) is 31.7 Å². The quantitative estimate of drug-likeness (QED) is 0.651. The first-order chi connectivity index (χ1) is 9.96. The average molecular weight is 290 g/mol. The molecule has 0 aliphatic rings. The summed E-state index contributed by atoms with van der Waals surface area (Å²) in [6, 6.07) is 11.6. The number of esters is 1. The predicted octanol–water partition coefficient (Wildman–Crippen LogP) is 2.09. The van der Waals surface area contributed by atoms with E-state index in [0.29, 0.717) is 11.3 Å². The number of furan rings is 1. The van der Waals surface area contributed by atoms with Crippen molar-refractivity contribution in [2.24, 2.45) is 0 Å². The Kier molecular flexibility index (Phi) is 4.45. The zero-order chi connectivity index (χ0) is 15.5. The summed E-state index contributed by atoms with van der Waals surface area (Å²) >= 11 is 0. The molecule has 1 heterocycles. The predicted molar refractivity (Wildman–Crippen MR) is 75.6 cm³/mol. The first-order valence-electron chi connectivity index (χ1n) is 6.62. The molecule has 3 unspecified atom stereocenters. The van der Waals surface area contributed by atoms with Gasteiger partial charge in [-0.1, -0.05) is 18.2 Å². The standard InChI is InChI=1S/C16H18O5/c1-11(17)16(2,13-9-6-10-20-13)15(19)21-14(18)12-7-4-3-5-8-12/h3-11,15,17,19H,1-2H3. The lowest BCUT2D eigenvalue weighted by molar-refractivity contribution is -0.140. The summed E-state index contributed by atoms with van der Waals surface area (Å²) in [5.41, 5.74) is -0.933. The Bertz CT molecular complexity index is 576. The molecule has 2 aromatic rings. The third-order valence-corrected chi connectivity index (χ3v) is 3.66. The van der Waals surface area contributed by atoms with E-state index in [4.69, 9.17) is 9.15 Å². The van der Waals surface area contributed by atoms with Crippen molar-refractivity contribution in [1.82, 2.24) is 0 Å². The monoisotopic (exact) mass is 290 g/mol. The Morgan fingerprint density at radius 1 is 1.19 bits per heavy atom. The van der Waals surface area contributed by atoms with Crippen LogP contribution in [0.4, 0.5) is 0 Å². The van der Waals surface area contributed by atoms with Gasteiger partial charge in [0.05, 0.1) is 17.9 Å². The number of aliphatic hydroxyl groups is 2. The zero-order valence-corrected chi connectivity index (χ0v) is 11.9. The van der Waals surface area contributed by atoms with Gasteiger partial charge in [0.2, 0.25) is 6.29 Å². The van der Waals surface area contributed by atoms with Gasteiger partial charge in [0.1, 0.15) is 11.2 Å². The number of hydrogen-bond acceptors (Lipinski definition) is 5. The van der Waals surface area contributed by atoms with Gasteiger partial charge in [0, 0.05) is 0 Å². The van der Waals surface area contributed by atoms with Crippen molar-refractivity contribution in [3.05, 3.63) is 60.1 Å². The van der Waals surface area contributed by atoms with Crippen LogP contribution < -0.4 is 0 Å².